The Kier molecular flexibility index (Phi) is 6.71. The Bertz CT molecular complexity index is 917. The number of amides is 3. The van der Waals surface area contributed by atoms with E-state index in [1.807, 2.05) is 51.2 Å². The molecule has 3 amide bonds. The van der Waals surface area contributed by atoms with Crippen molar-refractivity contribution >= 4 is 23.6 Å². The molecule has 0 bridgehead atoms. The Morgan fingerprint density at radius 3 is 2.27 bits per heavy atom. The molecule has 0 aliphatic carbocycles. The van der Waals surface area contributed by atoms with Gasteiger partial charge in [-0.3, -0.25) is 14.3 Å². The van der Waals surface area contributed by atoms with Crippen molar-refractivity contribution in [1.29, 1.82) is 0 Å². The molecule has 9 nitrogen and oxygen atoms in total. The summed E-state index contributed by atoms with van der Waals surface area (Å²) in [5, 5.41) is 7.11. The van der Waals surface area contributed by atoms with E-state index in [2.05, 4.69) is 10.4 Å². The molecular weight excluding hydrogens is 386 g/mol. The van der Waals surface area contributed by atoms with Crippen molar-refractivity contribution in [2.75, 3.05) is 38.1 Å². The fourth-order valence-corrected chi connectivity index (χ4v) is 3.39. The Balaban J connectivity index is 1.42. The Labute approximate surface area is 175 Å². The van der Waals surface area contributed by atoms with Gasteiger partial charge in [0.05, 0.1) is 12.1 Å². The van der Waals surface area contributed by atoms with E-state index in [1.54, 1.807) is 14.5 Å². The second-order valence-electron chi connectivity index (χ2n) is 7.27. The van der Waals surface area contributed by atoms with Gasteiger partial charge >= 0.3 is 12.0 Å². The maximum atomic E-state index is 12.4. The molecule has 160 valence electrons. The van der Waals surface area contributed by atoms with Gasteiger partial charge < -0.3 is 19.9 Å². The topological polar surface area (TPSA) is 96.8 Å². The number of nitrogens with zero attached hydrogens (tertiary/aromatic N) is 4. The predicted octanol–water partition coefficient (Wildman–Crippen LogP) is 1.50. The maximum Gasteiger partial charge on any atom is 0.321 e. The van der Waals surface area contributed by atoms with Crippen molar-refractivity contribution in [3.63, 3.8) is 0 Å². The molecule has 0 atom stereocenters. The van der Waals surface area contributed by atoms with Crippen molar-refractivity contribution in [2.45, 2.75) is 20.3 Å². The van der Waals surface area contributed by atoms with Crippen LogP contribution in [-0.4, -0.2) is 70.3 Å². The summed E-state index contributed by atoms with van der Waals surface area (Å²) in [5.41, 5.74) is 3.24. The lowest BCUT2D eigenvalue weighted by Crippen LogP contribution is -2.52. The van der Waals surface area contributed by atoms with Crippen LogP contribution >= 0.6 is 0 Å². The van der Waals surface area contributed by atoms with E-state index in [4.69, 9.17) is 4.74 Å². The number of anilines is 1. The molecule has 1 aliphatic rings. The SMILES string of the molecule is Cc1nn(C)c(C)c1CC(=O)OCC(=O)N1CCN(C(=O)Nc2ccccc2)CC1. The number of urea groups is 1. The highest BCUT2D eigenvalue weighted by Gasteiger charge is 2.25. The summed E-state index contributed by atoms with van der Waals surface area (Å²) >= 11 is 0. The summed E-state index contributed by atoms with van der Waals surface area (Å²) in [6.07, 6.45) is 0.0895. The molecule has 1 N–H and O–H groups in total. The number of piperazine rings is 1. The van der Waals surface area contributed by atoms with Crippen LogP contribution in [0.4, 0.5) is 10.5 Å². The number of rotatable bonds is 5. The summed E-state index contributed by atoms with van der Waals surface area (Å²) in [6, 6.07) is 9.03. The summed E-state index contributed by atoms with van der Waals surface area (Å²) in [7, 11) is 1.82. The monoisotopic (exact) mass is 413 g/mol. The van der Waals surface area contributed by atoms with E-state index in [1.165, 1.54) is 0 Å². The van der Waals surface area contributed by atoms with E-state index < -0.39 is 5.97 Å². The molecule has 0 spiro atoms. The third kappa shape index (κ3) is 5.16. The second-order valence-corrected chi connectivity index (χ2v) is 7.27. The van der Waals surface area contributed by atoms with Crippen LogP contribution in [-0.2, 0) is 27.8 Å². The Hall–Kier alpha value is -3.36. The molecule has 1 aliphatic heterocycles. The first kappa shape index (κ1) is 21.4. The van der Waals surface area contributed by atoms with Gasteiger partial charge in [0.25, 0.3) is 5.91 Å². The molecule has 1 saturated heterocycles. The van der Waals surface area contributed by atoms with E-state index in [-0.39, 0.29) is 25.0 Å². The number of benzene rings is 1. The van der Waals surface area contributed by atoms with Crippen LogP contribution < -0.4 is 5.32 Å². The molecule has 2 heterocycles. The minimum Gasteiger partial charge on any atom is -0.455 e. The summed E-state index contributed by atoms with van der Waals surface area (Å²) in [6.45, 7) is 5.08. The van der Waals surface area contributed by atoms with Gasteiger partial charge in [0.1, 0.15) is 0 Å². The maximum absolute atomic E-state index is 12.4. The molecular formula is C21H27N5O4. The van der Waals surface area contributed by atoms with Crippen molar-refractivity contribution in [3.8, 4) is 0 Å². The summed E-state index contributed by atoms with van der Waals surface area (Å²) in [4.78, 5) is 40.1. The smallest absolute Gasteiger partial charge is 0.321 e. The molecule has 0 radical (unpaired) electrons. The number of nitrogens with one attached hydrogen (secondary N) is 1. The fourth-order valence-electron chi connectivity index (χ4n) is 3.39. The molecule has 1 fully saturated rings. The zero-order chi connectivity index (χ0) is 21.7. The average Bonchev–Trinajstić information content (AvgIpc) is 2.98. The lowest BCUT2D eigenvalue weighted by Gasteiger charge is -2.34. The van der Waals surface area contributed by atoms with E-state index in [0.29, 0.717) is 26.2 Å². The lowest BCUT2D eigenvalue weighted by atomic mass is 10.1. The summed E-state index contributed by atoms with van der Waals surface area (Å²) < 4.78 is 6.89. The third-order valence-electron chi connectivity index (χ3n) is 5.28. The quantitative estimate of drug-likeness (QED) is 0.750. The molecule has 1 aromatic carbocycles. The van der Waals surface area contributed by atoms with Gasteiger partial charge in [0.2, 0.25) is 0 Å². The summed E-state index contributed by atoms with van der Waals surface area (Å²) in [5.74, 6) is -0.713. The van der Waals surface area contributed by atoms with Gasteiger partial charge in [-0.2, -0.15) is 5.10 Å². The van der Waals surface area contributed by atoms with Crippen LogP contribution in [0.2, 0.25) is 0 Å². The number of para-hydroxylation sites is 1. The minimum atomic E-state index is -0.455. The number of aromatic nitrogens is 2. The van der Waals surface area contributed by atoms with Crippen LogP contribution in [0.25, 0.3) is 0 Å². The van der Waals surface area contributed by atoms with Crippen LogP contribution in [0.5, 0.6) is 0 Å². The van der Waals surface area contributed by atoms with Crippen molar-refractivity contribution in [2.24, 2.45) is 7.05 Å². The molecule has 2 aromatic rings. The highest BCUT2D eigenvalue weighted by atomic mass is 16.5. The van der Waals surface area contributed by atoms with Crippen LogP contribution in [0.15, 0.2) is 30.3 Å². The van der Waals surface area contributed by atoms with Crippen molar-refractivity contribution < 1.29 is 19.1 Å². The van der Waals surface area contributed by atoms with Gasteiger partial charge in [0.15, 0.2) is 6.61 Å². The number of aryl methyl sites for hydroxylation is 2. The first-order valence-corrected chi connectivity index (χ1v) is 9.88. The number of hydrogen-bond donors (Lipinski definition) is 1. The van der Waals surface area contributed by atoms with Gasteiger partial charge in [-0.15, -0.1) is 0 Å². The minimum absolute atomic E-state index is 0.0895. The van der Waals surface area contributed by atoms with E-state index in [0.717, 1.165) is 22.6 Å². The number of carbonyl (C=O) groups excluding carboxylic acids is 3. The van der Waals surface area contributed by atoms with Gasteiger partial charge in [-0.25, -0.2) is 4.79 Å². The van der Waals surface area contributed by atoms with E-state index >= 15 is 0 Å². The van der Waals surface area contributed by atoms with Gasteiger partial charge in [-0.1, -0.05) is 18.2 Å². The molecule has 30 heavy (non-hydrogen) atoms. The molecule has 3 rings (SSSR count). The normalized spacial score (nSPS) is 13.8. The van der Waals surface area contributed by atoms with Crippen molar-refractivity contribution in [3.05, 3.63) is 47.3 Å². The largest absolute Gasteiger partial charge is 0.455 e. The number of hydrogen-bond acceptors (Lipinski definition) is 5. The first-order valence-electron chi connectivity index (χ1n) is 9.88. The number of carbonyl (C=O) groups is 3. The molecule has 0 unspecified atom stereocenters. The standard InChI is InChI=1S/C21H27N5O4/c1-15-18(16(2)24(3)23-15)13-20(28)30-14-19(27)25-9-11-26(12-10-25)21(29)22-17-7-5-4-6-8-17/h4-8H,9-14H2,1-3H3,(H,22,29). The number of ether oxygens (including phenoxy) is 1. The molecule has 9 heteroatoms. The van der Waals surface area contributed by atoms with Gasteiger partial charge in [0, 0.05) is 50.2 Å². The zero-order valence-electron chi connectivity index (χ0n) is 17.6. The van der Waals surface area contributed by atoms with Crippen LogP contribution in [0, 0.1) is 13.8 Å². The fraction of sp³-hybridized carbons (Fsp3) is 0.429. The highest BCUT2D eigenvalue weighted by Crippen LogP contribution is 2.13. The lowest BCUT2D eigenvalue weighted by molar-refractivity contribution is -0.152. The average molecular weight is 413 g/mol. The molecule has 0 saturated carbocycles. The Morgan fingerprint density at radius 1 is 1.03 bits per heavy atom. The van der Waals surface area contributed by atoms with E-state index in [9.17, 15) is 14.4 Å². The zero-order valence-corrected chi connectivity index (χ0v) is 17.6. The molecule has 1 aromatic heterocycles. The Morgan fingerprint density at radius 2 is 1.67 bits per heavy atom. The highest BCUT2D eigenvalue weighted by molar-refractivity contribution is 5.89. The number of esters is 1. The van der Waals surface area contributed by atoms with Crippen molar-refractivity contribution in [1.82, 2.24) is 19.6 Å². The van der Waals surface area contributed by atoms with Crippen LogP contribution in [0.1, 0.15) is 17.0 Å². The predicted molar refractivity (Wildman–Crippen MR) is 111 cm³/mol. The first-order chi connectivity index (χ1) is 14.3. The van der Waals surface area contributed by atoms with Gasteiger partial charge in [-0.05, 0) is 26.0 Å². The second kappa shape index (κ2) is 9.43. The third-order valence-corrected chi connectivity index (χ3v) is 5.28. The van der Waals surface area contributed by atoms with Crippen LogP contribution in [0.3, 0.4) is 0 Å².